The van der Waals surface area contributed by atoms with E-state index >= 15 is 0 Å². The van der Waals surface area contributed by atoms with Crippen LogP contribution in [0.4, 0.5) is 0 Å². The van der Waals surface area contributed by atoms with Crippen LogP contribution >= 0.6 is 0 Å². The molecule has 10 heteroatoms. The maximum atomic E-state index is 7.38. The highest BCUT2D eigenvalue weighted by molar-refractivity contribution is 7.00. The Bertz CT molecular complexity index is 2320. The van der Waals surface area contributed by atoms with Crippen LogP contribution in [0.2, 0.25) is 10.1 Å². The fourth-order valence-corrected chi connectivity index (χ4v) is 19.0. The van der Waals surface area contributed by atoms with Crippen molar-refractivity contribution in [3.8, 4) is 11.5 Å². The summed E-state index contributed by atoms with van der Waals surface area (Å²) in [5.74, 6) is 1.41. The Morgan fingerprint density at radius 2 is 0.765 bits per heavy atom. The fraction of sp³-hybridized carbons (Fsp3) is 0.345. The van der Waals surface area contributed by atoms with Crippen LogP contribution in [0.5, 0.6) is 11.5 Å². The molecule has 2 aliphatic heterocycles. The van der Waals surface area contributed by atoms with E-state index in [1.54, 1.807) is 0 Å². The molecule has 0 N–H and O–H groups in total. The first kappa shape index (κ1) is 49.3. The van der Waals surface area contributed by atoms with E-state index in [4.69, 9.17) is 37.3 Å². The SMILES string of the molecule is CCO[C@@H]1C=C[C@H](Oc2ccc3ccc(O[C@H]4C=C[C@@H](OCC)O[C@@H]4CO[Si](c4ccccc4)(c4ccccc4)C(C)(C)C)cc3c2)[C@@H](CO[Si](c2ccccc2)(c2ccccc2)C(C)(C)C)O1. The minimum atomic E-state index is -2.87. The molecule has 0 spiro atoms. The zero-order chi connectivity index (χ0) is 47.8. The molecule has 356 valence electrons. The molecule has 8 nitrogen and oxygen atoms in total. The van der Waals surface area contributed by atoms with Crippen LogP contribution in [0, 0.1) is 0 Å². The number of hydrogen-bond acceptors (Lipinski definition) is 8. The molecule has 68 heavy (non-hydrogen) atoms. The maximum Gasteiger partial charge on any atom is 0.261 e. The van der Waals surface area contributed by atoms with Crippen LogP contribution in [0.3, 0.4) is 0 Å². The standard InChI is InChI=1S/C58H68O8Si2/c1-9-59-55-37-35-51(53(65-55)41-61-67(57(3,4)5,47-23-15-11-16-24-47)48-25-17-12-18-26-48)63-45-33-31-43-32-34-46(40-44(43)39-45)64-52-36-38-56(60-10-2)66-54(52)42-62-68(58(6,7)8,49-27-19-13-20-28-49)50-29-21-14-22-30-50/h11-40,51-56H,9-10,41-42H2,1-8H3/t51-,52-,53+,54+,55-,56-/m0/s1. The van der Waals surface area contributed by atoms with Gasteiger partial charge in [0.1, 0.15) is 35.9 Å². The number of rotatable bonds is 18. The predicted molar refractivity (Wildman–Crippen MR) is 279 cm³/mol. The monoisotopic (exact) mass is 948 g/mol. The third-order valence-electron chi connectivity index (χ3n) is 13.0. The number of hydrogen-bond donors (Lipinski definition) is 0. The first-order valence-electron chi connectivity index (χ1n) is 24.1. The van der Waals surface area contributed by atoms with E-state index in [-0.39, 0.29) is 10.1 Å². The molecule has 2 heterocycles. The molecule has 0 fully saturated rings. The average molecular weight is 949 g/mol. The Hall–Kier alpha value is -5.15. The highest BCUT2D eigenvalue weighted by Gasteiger charge is 2.52. The van der Waals surface area contributed by atoms with Crippen molar-refractivity contribution in [2.24, 2.45) is 0 Å². The molecule has 0 aromatic heterocycles. The minimum absolute atomic E-state index is 0.200. The van der Waals surface area contributed by atoms with E-state index in [2.05, 4.69) is 187 Å². The van der Waals surface area contributed by atoms with Gasteiger partial charge in [0.15, 0.2) is 12.6 Å². The van der Waals surface area contributed by atoms with Gasteiger partial charge in [-0.15, -0.1) is 0 Å². The fourth-order valence-electron chi connectivity index (χ4n) is 9.86. The summed E-state index contributed by atoms with van der Waals surface area (Å²) in [6.45, 7) is 19.3. The molecule has 0 radical (unpaired) electrons. The van der Waals surface area contributed by atoms with Gasteiger partial charge in [-0.25, -0.2) is 0 Å². The largest absolute Gasteiger partial charge is 0.484 e. The molecule has 0 unspecified atom stereocenters. The van der Waals surface area contributed by atoms with E-state index in [1.165, 1.54) is 20.7 Å². The first-order chi connectivity index (χ1) is 32.8. The van der Waals surface area contributed by atoms with Gasteiger partial charge in [-0.2, -0.15) is 0 Å². The van der Waals surface area contributed by atoms with Gasteiger partial charge >= 0.3 is 0 Å². The van der Waals surface area contributed by atoms with E-state index in [0.717, 1.165) is 10.8 Å². The Morgan fingerprint density at radius 1 is 0.426 bits per heavy atom. The van der Waals surface area contributed by atoms with Crippen LogP contribution in [-0.4, -0.2) is 80.1 Å². The molecular weight excluding hydrogens is 881 g/mol. The molecule has 6 aromatic carbocycles. The summed E-state index contributed by atoms with van der Waals surface area (Å²) in [7, 11) is -5.73. The van der Waals surface area contributed by atoms with Gasteiger partial charge < -0.3 is 37.3 Å². The van der Waals surface area contributed by atoms with Crippen molar-refractivity contribution in [2.75, 3.05) is 26.4 Å². The van der Waals surface area contributed by atoms with Gasteiger partial charge in [0.2, 0.25) is 0 Å². The molecule has 0 saturated heterocycles. The zero-order valence-corrected chi connectivity index (χ0v) is 42.9. The second-order valence-corrected chi connectivity index (χ2v) is 28.2. The number of ether oxygens (including phenoxy) is 6. The third-order valence-corrected chi connectivity index (χ3v) is 23.0. The summed E-state index contributed by atoms with van der Waals surface area (Å²) < 4.78 is 53.7. The summed E-state index contributed by atoms with van der Waals surface area (Å²) in [5, 5.41) is 6.46. The molecule has 6 aromatic rings. The summed E-state index contributed by atoms with van der Waals surface area (Å²) in [6, 6.07) is 55.0. The van der Waals surface area contributed by atoms with E-state index < -0.39 is 53.6 Å². The van der Waals surface area contributed by atoms with Gasteiger partial charge in [-0.1, -0.05) is 175 Å². The minimum Gasteiger partial charge on any atom is -0.484 e. The van der Waals surface area contributed by atoms with Crippen molar-refractivity contribution >= 4 is 48.2 Å². The average Bonchev–Trinajstić information content (AvgIpc) is 3.34. The second-order valence-electron chi connectivity index (χ2n) is 19.6. The Kier molecular flexibility index (Phi) is 15.7. The van der Waals surface area contributed by atoms with Crippen LogP contribution in [0.25, 0.3) is 10.8 Å². The molecule has 0 bridgehead atoms. The topological polar surface area (TPSA) is 73.8 Å². The van der Waals surface area contributed by atoms with Crippen LogP contribution < -0.4 is 30.2 Å². The number of benzene rings is 6. The van der Waals surface area contributed by atoms with Gasteiger partial charge in [-0.05, 0) is 104 Å². The lowest BCUT2D eigenvalue weighted by Gasteiger charge is -2.44. The summed E-state index contributed by atoms with van der Waals surface area (Å²) in [6.07, 6.45) is 5.15. The molecular formula is C58H68O8Si2. The maximum absolute atomic E-state index is 7.38. The number of fused-ring (bicyclic) bond motifs is 1. The molecule has 0 amide bonds. The molecule has 6 atom stereocenters. The van der Waals surface area contributed by atoms with E-state index in [1.807, 2.05) is 50.3 Å². The molecule has 0 aliphatic carbocycles. The van der Waals surface area contributed by atoms with Gasteiger partial charge in [0.05, 0.1) is 13.2 Å². The summed E-state index contributed by atoms with van der Waals surface area (Å²) in [4.78, 5) is 0. The Balaban J connectivity index is 1.05. The van der Waals surface area contributed by atoms with Crippen molar-refractivity contribution in [2.45, 2.75) is 102 Å². The van der Waals surface area contributed by atoms with Gasteiger partial charge in [-0.3, -0.25) is 0 Å². The van der Waals surface area contributed by atoms with Crippen molar-refractivity contribution in [3.63, 3.8) is 0 Å². The lowest BCUT2D eigenvalue weighted by Crippen LogP contribution is -2.67. The van der Waals surface area contributed by atoms with E-state index in [0.29, 0.717) is 37.9 Å². The van der Waals surface area contributed by atoms with Crippen LogP contribution in [0.15, 0.2) is 182 Å². The lowest BCUT2D eigenvalue weighted by atomic mass is 10.1. The normalized spacial score (nSPS) is 21.2. The highest BCUT2D eigenvalue weighted by Crippen LogP contribution is 2.39. The Labute approximate surface area is 406 Å². The van der Waals surface area contributed by atoms with Gasteiger partial charge in [0, 0.05) is 13.2 Å². The smallest absolute Gasteiger partial charge is 0.261 e. The second kappa shape index (κ2) is 21.7. The first-order valence-corrected chi connectivity index (χ1v) is 27.9. The van der Waals surface area contributed by atoms with Crippen molar-refractivity contribution in [3.05, 3.63) is 182 Å². The van der Waals surface area contributed by atoms with Crippen LogP contribution in [0.1, 0.15) is 55.4 Å². The quantitative estimate of drug-likeness (QED) is 0.0623. The summed E-state index contributed by atoms with van der Waals surface area (Å²) >= 11 is 0. The lowest BCUT2D eigenvalue weighted by molar-refractivity contribution is -0.173. The highest BCUT2D eigenvalue weighted by atomic mass is 28.4. The molecule has 0 saturated carbocycles. The predicted octanol–water partition coefficient (Wildman–Crippen LogP) is 10.1. The van der Waals surface area contributed by atoms with E-state index in [9.17, 15) is 0 Å². The summed E-state index contributed by atoms with van der Waals surface area (Å²) in [5.41, 5.74) is 0. The van der Waals surface area contributed by atoms with Gasteiger partial charge in [0.25, 0.3) is 16.6 Å². The van der Waals surface area contributed by atoms with Crippen molar-refractivity contribution < 1.29 is 37.3 Å². The Morgan fingerprint density at radius 3 is 1.07 bits per heavy atom. The third kappa shape index (κ3) is 10.7. The van der Waals surface area contributed by atoms with Crippen LogP contribution in [-0.2, 0) is 27.8 Å². The zero-order valence-electron chi connectivity index (χ0n) is 40.9. The molecule has 8 rings (SSSR count). The molecule has 2 aliphatic rings. The van der Waals surface area contributed by atoms with Crippen molar-refractivity contribution in [1.82, 2.24) is 0 Å². The van der Waals surface area contributed by atoms with Crippen molar-refractivity contribution in [1.29, 1.82) is 0 Å².